The van der Waals surface area contributed by atoms with Crippen molar-refractivity contribution in [1.29, 1.82) is 0 Å². The number of rotatable bonds is 2. The summed E-state index contributed by atoms with van der Waals surface area (Å²) in [6, 6.07) is 6.16. The molecule has 0 aromatic heterocycles. The average Bonchev–Trinajstić information content (AvgIpc) is 2.38. The van der Waals surface area contributed by atoms with Crippen LogP contribution >= 0.6 is 22.6 Å². The molecule has 1 aromatic carbocycles. The second kappa shape index (κ2) is 5.91. The van der Waals surface area contributed by atoms with Gasteiger partial charge in [0.1, 0.15) is 0 Å². The first-order valence-corrected chi connectivity index (χ1v) is 7.43. The molecule has 0 heterocycles. The zero-order valence-corrected chi connectivity index (χ0v) is 12.7. The van der Waals surface area contributed by atoms with Crippen LogP contribution < -0.4 is 4.90 Å². The number of carbonyl (C=O) groups is 1. The predicted octanol–water partition coefficient (Wildman–Crippen LogP) is 4.45. The maximum absolute atomic E-state index is 11.0. The maximum Gasteiger partial charge on any atom is 0.411 e. The Bertz CT molecular complexity index is 441. The molecule has 0 radical (unpaired) electrons. The van der Waals surface area contributed by atoms with Crippen molar-refractivity contribution in [3.05, 3.63) is 27.3 Å². The fourth-order valence-corrected chi connectivity index (χ4v) is 3.49. The van der Waals surface area contributed by atoms with Crippen LogP contribution in [0.4, 0.5) is 10.5 Å². The highest BCUT2D eigenvalue weighted by atomic mass is 127. The molecule has 18 heavy (non-hydrogen) atoms. The van der Waals surface area contributed by atoms with Gasteiger partial charge in [-0.25, -0.2) is 4.79 Å². The van der Waals surface area contributed by atoms with Gasteiger partial charge in [-0.2, -0.15) is 0 Å². The molecular weight excluding hydrogens is 341 g/mol. The van der Waals surface area contributed by atoms with E-state index in [1.165, 1.54) is 42.6 Å². The molecule has 2 rings (SSSR count). The molecule has 0 bridgehead atoms. The summed E-state index contributed by atoms with van der Waals surface area (Å²) < 4.78 is 1.01. The standard InChI is InChI=1S/C14H18INO2/c1-16(14(17)18)13-8-7-11(9-12(13)15)10-5-3-2-4-6-10/h7-10H,2-6H2,1H3,(H,17,18). The Hall–Kier alpha value is -0.780. The van der Waals surface area contributed by atoms with E-state index in [-0.39, 0.29) is 0 Å². The third-order valence-corrected chi connectivity index (χ3v) is 4.56. The molecule has 0 unspecified atom stereocenters. The van der Waals surface area contributed by atoms with Crippen LogP contribution in [-0.4, -0.2) is 18.2 Å². The van der Waals surface area contributed by atoms with E-state index in [4.69, 9.17) is 5.11 Å². The van der Waals surface area contributed by atoms with Crippen molar-refractivity contribution >= 4 is 34.4 Å². The van der Waals surface area contributed by atoms with Gasteiger partial charge in [0.05, 0.1) is 5.69 Å². The first-order valence-electron chi connectivity index (χ1n) is 6.35. The lowest BCUT2D eigenvalue weighted by atomic mass is 9.84. The summed E-state index contributed by atoms with van der Waals surface area (Å²) in [5.41, 5.74) is 2.13. The van der Waals surface area contributed by atoms with Gasteiger partial charge in [-0.15, -0.1) is 0 Å². The zero-order valence-electron chi connectivity index (χ0n) is 10.5. The topological polar surface area (TPSA) is 40.5 Å². The maximum atomic E-state index is 11.0. The summed E-state index contributed by atoms with van der Waals surface area (Å²) in [5, 5.41) is 9.00. The molecule has 1 aromatic rings. The van der Waals surface area contributed by atoms with Crippen LogP contribution in [0.1, 0.15) is 43.6 Å². The van der Waals surface area contributed by atoms with Gasteiger partial charge < -0.3 is 5.11 Å². The van der Waals surface area contributed by atoms with E-state index in [0.29, 0.717) is 5.92 Å². The second-order valence-corrected chi connectivity index (χ2v) is 6.05. The molecule has 4 heteroatoms. The Kier molecular flexibility index (Phi) is 4.48. The van der Waals surface area contributed by atoms with Gasteiger partial charge in [-0.1, -0.05) is 25.3 Å². The van der Waals surface area contributed by atoms with Gasteiger partial charge in [0.2, 0.25) is 0 Å². The Morgan fingerprint density at radius 2 is 2.00 bits per heavy atom. The Balaban J connectivity index is 2.21. The highest BCUT2D eigenvalue weighted by Crippen LogP contribution is 2.35. The third-order valence-electron chi connectivity index (χ3n) is 3.70. The average molecular weight is 359 g/mol. The van der Waals surface area contributed by atoms with Gasteiger partial charge in [0.15, 0.2) is 0 Å². The third kappa shape index (κ3) is 2.96. The molecular formula is C14H18INO2. The lowest BCUT2D eigenvalue weighted by Crippen LogP contribution is -2.24. The van der Waals surface area contributed by atoms with Crippen molar-refractivity contribution in [2.45, 2.75) is 38.0 Å². The Morgan fingerprint density at radius 3 is 2.56 bits per heavy atom. The molecule has 1 N–H and O–H groups in total. The number of nitrogens with zero attached hydrogens (tertiary/aromatic N) is 1. The van der Waals surface area contributed by atoms with Gasteiger partial charge in [0, 0.05) is 10.6 Å². The van der Waals surface area contributed by atoms with Crippen LogP contribution in [0.5, 0.6) is 0 Å². The molecule has 1 aliphatic carbocycles. The Labute approximate surface area is 121 Å². The molecule has 0 saturated heterocycles. The number of hydrogen-bond donors (Lipinski definition) is 1. The molecule has 0 aliphatic heterocycles. The van der Waals surface area contributed by atoms with E-state index in [0.717, 1.165) is 9.26 Å². The Morgan fingerprint density at radius 1 is 1.33 bits per heavy atom. The van der Waals surface area contributed by atoms with Crippen LogP contribution in [-0.2, 0) is 0 Å². The fourth-order valence-electron chi connectivity index (χ4n) is 2.59. The quantitative estimate of drug-likeness (QED) is 0.793. The van der Waals surface area contributed by atoms with E-state index in [2.05, 4.69) is 34.7 Å². The van der Waals surface area contributed by atoms with E-state index in [1.807, 2.05) is 6.07 Å². The minimum atomic E-state index is -0.918. The van der Waals surface area contributed by atoms with Crippen molar-refractivity contribution in [1.82, 2.24) is 0 Å². The van der Waals surface area contributed by atoms with Crippen LogP contribution in [0.3, 0.4) is 0 Å². The minimum absolute atomic E-state index is 0.663. The highest BCUT2D eigenvalue weighted by Gasteiger charge is 2.18. The molecule has 0 atom stereocenters. The van der Waals surface area contributed by atoms with Crippen molar-refractivity contribution in [3.63, 3.8) is 0 Å². The number of amides is 1. The lowest BCUT2D eigenvalue weighted by molar-refractivity contribution is 0.203. The van der Waals surface area contributed by atoms with E-state index < -0.39 is 6.09 Å². The summed E-state index contributed by atoms with van der Waals surface area (Å²) in [5.74, 6) is 0.663. The highest BCUT2D eigenvalue weighted by molar-refractivity contribution is 14.1. The summed E-state index contributed by atoms with van der Waals surface area (Å²) in [6.07, 6.45) is 5.61. The van der Waals surface area contributed by atoms with E-state index >= 15 is 0 Å². The molecule has 3 nitrogen and oxygen atoms in total. The van der Waals surface area contributed by atoms with Crippen molar-refractivity contribution < 1.29 is 9.90 Å². The van der Waals surface area contributed by atoms with Crippen LogP contribution in [0.25, 0.3) is 0 Å². The monoisotopic (exact) mass is 359 g/mol. The van der Waals surface area contributed by atoms with Crippen molar-refractivity contribution in [3.8, 4) is 0 Å². The number of halogens is 1. The smallest absolute Gasteiger partial charge is 0.411 e. The number of benzene rings is 1. The lowest BCUT2D eigenvalue weighted by Gasteiger charge is -2.23. The molecule has 1 saturated carbocycles. The number of hydrogen-bond acceptors (Lipinski definition) is 1. The molecule has 1 fully saturated rings. The fraction of sp³-hybridized carbons (Fsp3) is 0.500. The van der Waals surface area contributed by atoms with Crippen molar-refractivity contribution in [2.75, 3.05) is 11.9 Å². The molecule has 1 aliphatic rings. The predicted molar refractivity (Wildman–Crippen MR) is 81.4 cm³/mol. The zero-order chi connectivity index (χ0) is 13.1. The van der Waals surface area contributed by atoms with E-state index in [1.54, 1.807) is 7.05 Å². The SMILES string of the molecule is CN(C(=O)O)c1ccc(C2CCCCC2)cc1I. The van der Waals surface area contributed by atoms with Crippen LogP contribution in [0, 0.1) is 3.57 Å². The largest absolute Gasteiger partial charge is 0.465 e. The van der Waals surface area contributed by atoms with Crippen LogP contribution in [0.15, 0.2) is 18.2 Å². The molecule has 1 amide bonds. The number of carboxylic acid groups (broad SMARTS) is 1. The van der Waals surface area contributed by atoms with Crippen molar-refractivity contribution in [2.24, 2.45) is 0 Å². The van der Waals surface area contributed by atoms with E-state index in [9.17, 15) is 4.79 Å². The number of anilines is 1. The molecule has 98 valence electrons. The van der Waals surface area contributed by atoms with Gasteiger partial charge in [-0.05, 0) is 59.0 Å². The normalized spacial score (nSPS) is 16.6. The van der Waals surface area contributed by atoms with Crippen LogP contribution in [0.2, 0.25) is 0 Å². The van der Waals surface area contributed by atoms with Gasteiger partial charge in [-0.3, -0.25) is 4.90 Å². The first kappa shape index (κ1) is 13.6. The minimum Gasteiger partial charge on any atom is -0.465 e. The first-order chi connectivity index (χ1) is 8.59. The summed E-state index contributed by atoms with van der Waals surface area (Å²) in [7, 11) is 1.58. The summed E-state index contributed by atoms with van der Waals surface area (Å²) in [4.78, 5) is 12.2. The van der Waals surface area contributed by atoms with Gasteiger partial charge >= 0.3 is 6.09 Å². The second-order valence-electron chi connectivity index (χ2n) is 4.89. The van der Waals surface area contributed by atoms with Gasteiger partial charge in [0.25, 0.3) is 0 Å². The summed E-state index contributed by atoms with van der Waals surface area (Å²) >= 11 is 2.23. The summed E-state index contributed by atoms with van der Waals surface area (Å²) in [6.45, 7) is 0. The molecule has 0 spiro atoms.